The van der Waals surface area contributed by atoms with Crippen LogP contribution in [-0.2, 0) is 0 Å². The van der Waals surface area contributed by atoms with Gasteiger partial charge in [0.05, 0.1) is 6.61 Å². The Balaban J connectivity index is 2.48. The molecule has 78 valence electrons. The van der Waals surface area contributed by atoms with Gasteiger partial charge in [-0.1, -0.05) is 13.3 Å². The molecule has 0 spiro atoms. The molecule has 0 saturated heterocycles. The van der Waals surface area contributed by atoms with Crippen molar-refractivity contribution in [1.29, 1.82) is 0 Å². The molecule has 2 unspecified atom stereocenters. The van der Waals surface area contributed by atoms with E-state index in [1.165, 1.54) is 18.6 Å². The summed E-state index contributed by atoms with van der Waals surface area (Å²) >= 11 is 2.03. The van der Waals surface area contributed by atoms with Gasteiger partial charge in [-0.05, 0) is 32.1 Å². The van der Waals surface area contributed by atoms with E-state index in [1.54, 1.807) is 0 Å². The topological polar surface area (TPSA) is 32.3 Å². The third-order valence-corrected chi connectivity index (χ3v) is 4.24. The van der Waals surface area contributed by atoms with Gasteiger partial charge in [0.2, 0.25) is 0 Å². The van der Waals surface area contributed by atoms with Crippen LogP contribution in [0.5, 0.6) is 0 Å². The molecular weight excluding hydrogens is 182 g/mol. The van der Waals surface area contributed by atoms with Gasteiger partial charge in [-0.2, -0.15) is 11.8 Å². The Morgan fingerprint density at radius 2 is 2.38 bits per heavy atom. The van der Waals surface area contributed by atoms with E-state index in [2.05, 4.69) is 12.2 Å². The molecule has 1 rings (SSSR count). The van der Waals surface area contributed by atoms with E-state index in [0.717, 1.165) is 18.1 Å². The molecule has 2 atom stereocenters. The van der Waals surface area contributed by atoms with Crippen molar-refractivity contribution in [3.05, 3.63) is 0 Å². The Hall–Kier alpha value is 0.270. The average molecular weight is 203 g/mol. The molecule has 0 radical (unpaired) electrons. The lowest BCUT2D eigenvalue weighted by molar-refractivity contribution is 0.131. The van der Waals surface area contributed by atoms with Gasteiger partial charge < -0.3 is 10.4 Å². The van der Waals surface area contributed by atoms with E-state index < -0.39 is 0 Å². The Bertz CT molecular complexity index is 146. The van der Waals surface area contributed by atoms with Crippen LogP contribution < -0.4 is 5.32 Å². The summed E-state index contributed by atoms with van der Waals surface area (Å²) in [5.74, 6) is 1.19. The maximum absolute atomic E-state index is 9.36. The molecule has 3 heteroatoms. The van der Waals surface area contributed by atoms with Crippen molar-refractivity contribution in [2.24, 2.45) is 0 Å². The second-order valence-corrected chi connectivity index (χ2v) is 5.44. The fraction of sp³-hybridized carbons (Fsp3) is 1.00. The number of rotatable bonds is 4. The molecule has 0 aliphatic heterocycles. The SMILES string of the molecule is CCSC1CCCC(CO)(NC)C1. The molecule has 0 amide bonds. The lowest BCUT2D eigenvalue weighted by atomic mass is 9.82. The summed E-state index contributed by atoms with van der Waals surface area (Å²) in [6, 6.07) is 0. The van der Waals surface area contributed by atoms with Gasteiger partial charge in [-0.25, -0.2) is 0 Å². The van der Waals surface area contributed by atoms with Crippen molar-refractivity contribution < 1.29 is 5.11 Å². The summed E-state index contributed by atoms with van der Waals surface area (Å²) in [4.78, 5) is 0. The second kappa shape index (κ2) is 5.23. The average Bonchev–Trinajstić information content (AvgIpc) is 2.19. The molecule has 2 nitrogen and oxygen atoms in total. The summed E-state index contributed by atoms with van der Waals surface area (Å²) < 4.78 is 0. The van der Waals surface area contributed by atoms with Crippen molar-refractivity contribution >= 4 is 11.8 Å². The number of likely N-dealkylation sites (N-methyl/N-ethyl adjacent to an activating group) is 1. The number of hydrogen-bond donors (Lipinski definition) is 2. The predicted molar refractivity (Wildman–Crippen MR) is 59.3 cm³/mol. The van der Waals surface area contributed by atoms with E-state index in [1.807, 2.05) is 18.8 Å². The van der Waals surface area contributed by atoms with Gasteiger partial charge in [-0.15, -0.1) is 0 Å². The Morgan fingerprint density at radius 1 is 1.62 bits per heavy atom. The summed E-state index contributed by atoms with van der Waals surface area (Å²) in [6.45, 7) is 2.49. The van der Waals surface area contributed by atoms with Crippen LogP contribution in [0.2, 0.25) is 0 Å². The minimum Gasteiger partial charge on any atom is -0.394 e. The summed E-state index contributed by atoms with van der Waals surface area (Å²) in [5.41, 5.74) is 0.0189. The van der Waals surface area contributed by atoms with Gasteiger partial charge in [0.25, 0.3) is 0 Å². The van der Waals surface area contributed by atoms with E-state index in [9.17, 15) is 5.11 Å². The molecule has 1 aliphatic rings. The fourth-order valence-electron chi connectivity index (χ4n) is 2.14. The molecule has 13 heavy (non-hydrogen) atoms. The molecule has 0 aromatic rings. The van der Waals surface area contributed by atoms with E-state index in [4.69, 9.17) is 0 Å². The van der Waals surface area contributed by atoms with E-state index in [0.29, 0.717) is 0 Å². The molecule has 0 bridgehead atoms. The standard InChI is InChI=1S/C10H21NOS/c1-3-13-9-5-4-6-10(7-9,8-12)11-2/h9,11-12H,3-8H2,1-2H3. The van der Waals surface area contributed by atoms with Gasteiger partial charge in [0, 0.05) is 10.8 Å². The summed E-state index contributed by atoms with van der Waals surface area (Å²) in [5, 5.41) is 13.4. The van der Waals surface area contributed by atoms with Gasteiger partial charge in [-0.3, -0.25) is 0 Å². The quantitative estimate of drug-likeness (QED) is 0.728. The second-order valence-electron chi connectivity index (χ2n) is 3.86. The van der Waals surface area contributed by atoms with Crippen LogP contribution in [-0.4, -0.2) is 35.3 Å². The smallest absolute Gasteiger partial charge is 0.0613 e. The van der Waals surface area contributed by atoms with Crippen LogP contribution in [0.3, 0.4) is 0 Å². The van der Waals surface area contributed by atoms with E-state index in [-0.39, 0.29) is 12.1 Å². The summed E-state index contributed by atoms with van der Waals surface area (Å²) in [6.07, 6.45) is 4.82. The molecule has 0 aromatic carbocycles. The van der Waals surface area contributed by atoms with Crippen LogP contribution in [0.1, 0.15) is 32.6 Å². The first-order valence-electron chi connectivity index (χ1n) is 5.17. The molecule has 1 saturated carbocycles. The van der Waals surface area contributed by atoms with Crippen molar-refractivity contribution in [1.82, 2.24) is 5.32 Å². The zero-order valence-corrected chi connectivity index (χ0v) is 9.49. The Kier molecular flexibility index (Phi) is 4.56. The van der Waals surface area contributed by atoms with Gasteiger partial charge >= 0.3 is 0 Å². The lowest BCUT2D eigenvalue weighted by Gasteiger charge is -2.39. The minimum atomic E-state index is 0.0189. The first-order valence-corrected chi connectivity index (χ1v) is 6.22. The number of aliphatic hydroxyl groups excluding tert-OH is 1. The Labute approximate surface area is 85.5 Å². The van der Waals surface area contributed by atoms with Gasteiger partial charge in [0.1, 0.15) is 0 Å². The Morgan fingerprint density at radius 3 is 2.92 bits per heavy atom. The van der Waals surface area contributed by atoms with Crippen LogP contribution in [0.15, 0.2) is 0 Å². The molecule has 0 aromatic heterocycles. The van der Waals surface area contributed by atoms with Crippen molar-refractivity contribution in [3.63, 3.8) is 0 Å². The number of thioether (sulfide) groups is 1. The van der Waals surface area contributed by atoms with Crippen LogP contribution in [0.25, 0.3) is 0 Å². The highest BCUT2D eigenvalue weighted by molar-refractivity contribution is 7.99. The van der Waals surface area contributed by atoms with Crippen LogP contribution >= 0.6 is 11.8 Å². The maximum atomic E-state index is 9.36. The monoisotopic (exact) mass is 203 g/mol. The lowest BCUT2D eigenvalue weighted by Crippen LogP contribution is -2.50. The van der Waals surface area contributed by atoms with Crippen LogP contribution in [0, 0.1) is 0 Å². The largest absolute Gasteiger partial charge is 0.394 e. The van der Waals surface area contributed by atoms with Crippen molar-refractivity contribution in [2.75, 3.05) is 19.4 Å². The van der Waals surface area contributed by atoms with Crippen LogP contribution in [0.4, 0.5) is 0 Å². The fourth-order valence-corrected chi connectivity index (χ4v) is 3.38. The zero-order chi connectivity index (χ0) is 9.73. The summed E-state index contributed by atoms with van der Waals surface area (Å²) in [7, 11) is 1.97. The van der Waals surface area contributed by atoms with Gasteiger partial charge in [0.15, 0.2) is 0 Å². The zero-order valence-electron chi connectivity index (χ0n) is 8.68. The van der Waals surface area contributed by atoms with E-state index >= 15 is 0 Å². The molecule has 2 N–H and O–H groups in total. The van der Waals surface area contributed by atoms with Crippen molar-refractivity contribution in [3.8, 4) is 0 Å². The number of hydrogen-bond acceptors (Lipinski definition) is 3. The minimum absolute atomic E-state index is 0.0189. The maximum Gasteiger partial charge on any atom is 0.0613 e. The molecular formula is C10H21NOS. The first kappa shape index (κ1) is 11.3. The number of aliphatic hydroxyl groups is 1. The highest BCUT2D eigenvalue weighted by Crippen LogP contribution is 2.34. The third-order valence-electron chi connectivity index (χ3n) is 3.04. The molecule has 0 heterocycles. The highest BCUT2D eigenvalue weighted by atomic mass is 32.2. The number of nitrogens with one attached hydrogen (secondary N) is 1. The molecule has 1 aliphatic carbocycles. The third kappa shape index (κ3) is 2.86. The normalized spacial score (nSPS) is 34.8. The highest BCUT2D eigenvalue weighted by Gasteiger charge is 2.34. The predicted octanol–water partition coefficient (Wildman–Crippen LogP) is 1.63. The van der Waals surface area contributed by atoms with Crippen molar-refractivity contribution in [2.45, 2.75) is 43.4 Å². The molecule has 1 fully saturated rings. The first-order chi connectivity index (χ1) is 6.26.